The molecule has 0 aliphatic rings. The van der Waals surface area contributed by atoms with Crippen LogP contribution in [0.2, 0.25) is 0 Å². The van der Waals surface area contributed by atoms with Crippen molar-refractivity contribution in [3.63, 3.8) is 0 Å². The van der Waals surface area contributed by atoms with Crippen LogP contribution in [0.25, 0.3) is 0 Å². The number of benzene rings is 1. The highest BCUT2D eigenvalue weighted by Crippen LogP contribution is 2.39. The molecule has 0 bridgehead atoms. The molecule has 0 amide bonds. The van der Waals surface area contributed by atoms with Gasteiger partial charge < -0.3 is 14.3 Å². The van der Waals surface area contributed by atoms with E-state index in [0.717, 1.165) is 6.07 Å². The first-order chi connectivity index (χ1) is 9.44. The van der Waals surface area contributed by atoms with Crippen molar-refractivity contribution in [2.45, 2.75) is 19.4 Å². The second-order valence-corrected chi connectivity index (χ2v) is 3.75. The van der Waals surface area contributed by atoms with Crippen LogP contribution >= 0.6 is 0 Å². The Kier molecular flexibility index (Phi) is 5.07. The number of hydrogen-bond acceptors (Lipinski definition) is 7. The van der Waals surface area contributed by atoms with E-state index >= 15 is 0 Å². The molecule has 0 saturated heterocycles. The van der Waals surface area contributed by atoms with Crippen molar-refractivity contribution in [3.05, 3.63) is 37.9 Å². The molecule has 0 aliphatic carbocycles. The van der Waals surface area contributed by atoms with E-state index in [2.05, 4.69) is 4.84 Å². The summed E-state index contributed by atoms with van der Waals surface area (Å²) < 4.78 is 10.0. The van der Waals surface area contributed by atoms with Gasteiger partial charge in [-0.15, -0.1) is 10.1 Å². The number of ether oxygens (including phenoxy) is 2. The van der Waals surface area contributed by atoms with Gasteiger partial charge in [0.15, 0.2) is 11.5 Å². The molecule has 0 fully saturated rings. The Morgan fingerprint density at radius 3 is 2.10 bits per heavy atom. The second-order valence-electron chi connectivity index (χ2n) is 3.75. The van der Waals surface area contributed by atoms with Crippen LogP contribution in [0.3, 0.4) is 0 Å². The highest BCUT2D eigenvalue weighted by atomic mass is 17.0. The van der Waals surface area contributed by atoms with Crippen LogP contribution < -0.4 is 9.47 Å². The molecule has 0 aromatic heterocycles. The van der Waals surface area contributed by atoms with E-state index in [9.17, 15) is 20.2 Å². The molecule has 0 radical (unpaired) electrons. The number of methoxy groups -OCH3 is 2. The third-order valence-electron chi connectivity index (χ3n) is 2.66. The summed E-state index contributed by atoms with van der Waals surface area (Å²) in [5.74, 6) is 0.400. The standard InChI is InChI=1S/C11H14N2O7/c1-4-9(20-13(16)17)7-5-10(18-2)11(19-3)6-8(7)12(14)15/h5-6,9H,4H2,1-3H3. The van der Waals surface area contributed by atoms with Gasteiger partial charge >= 0.3 is 0 Å². The Morgan fingerprint density at radius 2 is 1.70 bits per heavy atom. The highest BCUT2D eigenvalue weighted by molar-refractivity contribution is 5.55. The van der Waals surface area contributed by atoms with E-state index in [1.54, 1.807) is 6.92 Å². The Hall–Kier alpha value is -2.58. The molecule has 110 valence electrons. The maximum absolute atomic E-state index is 11.1. The predicted molar refractivity (Wildman–Crippen MR) is 67.3 cm³/mol. The van der Waals surface area contributed by atoms with E-state index in [1.165, 1.54) is 20.3 Å². The van der Waals surface area contributed by atoms with Gasteiger partial charge in [-0.3, -0.25) is 10.1 Å². The summed E-state index contributed by atoms with van der Waals surface area (Å²) in [6, 6.07) is 2.47. The smallest absolute Gasteiger partial charge is 0.295 e. The Labute approximate surface area is 114 Å². The number of nitro benzene ring substituents is 1. The fraction of sp³-hybridized carbons (Fsp3) is 0.455. The average Bonchev–Trinajstić information content (AvgIpc) is 2.42. The van der Waals surface area contributed by atoms with E-state index in [0.29, 0.717) is 0 Å². The molecule has 0 aliphatic heterocycles. The lowest BCUT2D eigenvalue weighted by Gasteiger charge is -2.16. The topological polar surface area (TPSA) is 114 Å². The fourth-order valence-corrected chi connectivity index (χ4v) is 1.76. The quantitative estimate of drug-likeness (QED) is 0.557. The normalized spacial score (nSPS) is 11.6. The number of rotatable bonds is 7. The van der Waals surface area contributed by atoms with Crippen LogP contribution in [0.5, 0.6) is 11.5 Å². The molecule has 9 nitrogen and oxygen atoms in total. The van der Waals surface area contributed by atoms with Crippen molar-refractivity contribution in [1.29, 1.82) is 0 Å². The summed E-state index contributed by atoms with van der Waals surface area (Å²) in [4.78, 5) is 25.4. The van der Waals surface area contributed by atoms with Crippen LogP contribution in [-0.2, 0) is 4.84 Å². The van der Waals surface area contributed by atoms with Gasteiger partial charge in [-0.2, -0.15) is 0 Å². The second kappa shape index (κ2) is 6.55. The van der Waals surface area contributed by atoms with Gasteiger partial charge in [0, 0.05) is 0 Å². The van der Waals surface area contributed by atoms with Gasteiger partial charge in [-0.05, 0) is 12.5 Å². The molecule has 1 aromatic rings. The van der Waals surface area contributed by atoms with Gasteiger partial charge in [0.2, 0.25) is 0 Å². The Morgan fingerprint density at radius 1 is 1.15 bits per heavy atom. The molecule has 1 aromatic carbocycles. The average molecular weight is 286 g/mol. The van der Waals surface area contributed by atoms with Crippen LogP contribution in [0.1, 0.15) is 25.0 Å². The van der Waals surface area contributed by atoms with E-state index in [4.69, 9.17) is 9.47 Å². The van der Waals surface area contributed by atoms with E-state index < -0.39 is 16.1 Å². The fourth-order valence-electron chi connectivity index (χ4n) is 1.76. The molecule has 1 rings (SSSR count). The van der Waals surface area contributed by atoms with Crippen molar-refractivity contribution < 1.29 is 24.3 Å². The summed E-state index contributed by atoms with van der Waals surface area (Å²) in [7, 11) is 2.70. The zero-order valence-corrected chi connectivity index (χ0v) is 11.2. The number of nitrogens with zero attached hydrogens (tertiary/aromatic N) is 2. The minimum atomic E-state index is -1.05. The van der Waals surface area contributed by atoms with E-state index in [-0.39, 0.29) is 29.2 Å². The lowest BCUT2D eigenvalue weighted by atomic mass is 10.0. The molecule has 0 saturated carbocycles. The molecule has 0 N–H and O–H groups in total. The lowest BCUT2D eigenvalue weighted by Crippen LogP contribution is -2.11. The van der Waals surface area contributed by atoms with Crippen LogP contribution in [0.15, 0.2) is 12.1 Å². The summed E-state index contributed by atoms with van der Waals surface area (Å²) in [6.07, 6.45) is -0.859. The van der Waals surface area contributed by atoms with Gasteiger partial charge in [-0.25, -0.2) is 0 Å². The van der Waals surface area contributed by atoms with Crippen LogP contribution in [-0.4, -0.2) is 24.2 Å². The summed E-state index contributed by atoms with van der Waals surface area (Å²) in [6.45, 7) is 1.62. The lowest BCUT2D eigenvalue weighted by molar-refractivity contribution is -0.771. The van der Waals surface area contributed by atoms with Crippen molar-refractivity contribution in [2.75, 3.05) is 14.2 Å². The molecule has 0 heterocycles. The van der Waals surface area contributed by atoms with Gasteiger partial charge in [0.05, 0.1) is 30.8 Å². The first-order valence-corrected chi connectivity index (χ1v) is 5.66. The molecule has 1 atom stereocenters. The maximum Gasteiger partial charge on any atom is 0.295 e. The zero-order valence-electron chi connectivity index (χ0n) is 11.2. The minimum Gasteiger partial charge on any atom is -0.493 e. The van der Waals surface area contributed by atoms with Crippen molar-refractivity contribution >= 4 is 5.69 Å². The van der Waals surface area contributed by atoms with Crippen molar-refractivity contribution in [3.8, 4) is 11.5 Å². The monoisotopic (exact) mass is 286 g/mol. The first-order valence-electron chi connectivity index (χ1n) is 5.66. The summed E-state index contributed by atoms with van der Waals surface area (Å²) in [5, 5.41) is 20.6. The molecule has 9 heteroatoms. The van der Waals surface area contributed by atoms with Gasteiger partial charge in [-0.1, -0.05) is 6.92 Å². The third kappa shape index (κ3) is 3.25. The predicted octanol–water partition coefficient (Wildman–Crippen LogP) is 2.27. The Bertz CT molecular complexity index is 518. The minimum absolute atomic E-state index is 0.0619. The van der Waals surface area contributed by atoms with Gasteiger partial charge in [0.25, 0.3) is 10.8 Å². The SMILES string of the molecule is CCC(O[N+](=O)[O-])c1cc(OC)c(OC)cc1[N+](=O)[O-]. The van der Waals surface area contributed by atoms with E-state index in [1.807, 2.05) is 0 Å². The van der Waals surface area contributed by atoms with Crippen molar-refractivity contribution in [1.82, 2.24) is 0 Å². The third-order valence-corrected chi connectivity index (χ3v) is 2.66. The zero-order chi connectivity index (χ0) is 15.3. The van der Waals surface area contributed by atoms with Crippen LogP contribution in [0.4, 0.5) is 5.69 Å². The summed E-state index contributed by atoms with van der Waals surface area (Å²) >= 11 is 0. The van der Waals surface area contributed by atoms with Crippen LogP contribution in [0, 0.1) is 20.2 Å². The highest BCUT2D eigenvalue weighted by Gasteiger charge is 2.27. The van der Waals surface area contributed by atoms with Crippen molar-refractivity contribution in [2.24, 2.45) is 0 Å². The Balaban J connectivity index is 3.40. The number of nitro groups is 1. The molecule has 1 unspecified atom stereocenters. The molecule has 0 spiro atoms. The van der Waals surface area contributed by atoms with Gasteiger partial charge in [0.1, 0.15) is 6.10 Å². The summed E-state index contributed by atoms with van der Waals surface area (Å²) in [5.41, 5.74) is -0.261. The first kappa shape index (κ1) is 15.5. The molecule has 20 heavy (non-hydrogen) atoms. The maximum atomic E-state index is 11.1. The number of hydrogen-bond donors (Lipinski definition) is 0. The molecular formula is C11H14N2O7. The largest absolute Gasteiger partial charge is 0.493 e. The molecular weight excluding hydrogens is 272 g/mol.